The molecule has 0 saturated carbocycles. The number of amides is 2. The number of anilines is 2. The van der Waals surface area contributed by atoms with Gasteiger partial charge in [0.05, 0.1) is 12.8 Å². The van der Waals surface area contributed by atoms with E-state index in [0.29, 0.717) is 16.5 Å². The molecule has 0 bridgehead atoms. The van der Waals surface area contributed by atoms with Crippen LogP contribution in [0.4, 0.5) is 17.3 Å². The Labute approximate surface area is 157 Å². The maximum Gasteiger partial charge on any atom is 0.366 e. The fourth-order valence-corrected chi connectivity index (χ4v) is 2.62. The van der Waals surface area contributed by atoms with Crippen LogP contribution >= 0.6 is 11.6 Å². The number of carbonyl (C=O) groups is 2. The zero-order valence-corrected chi connectivity index (χ0v) is 14.7. The topological polar surface area (TPSA) is 124 Å². The van der Waals surface area contributed by atoms with E-state index in [1.54, 1.807) is 12.1 Å². The lowest BCUT2D eigenvalue weighted by Crippen LogP contribution is -2.44. The van der Waals surface area contributed by atoms with Gasteiger partial charge in [0.25, 0.3) is 11.7 Å². The molecule has 140 valence electrons. The summed E-state index contributed by atoms with van der Waals surface area (Å²) in [5.41, 5.74) is 0.322. The minimum Gasteiger partial charge on any atom is -0.495 e. The Balaban J connectivity index is 1.84. The Kier molecular flexibility index (Phi) is 5.08. The number of rotatable bonds is 5. The summed E-state index contributed by atoms with van der Waals surface area (Å²) in [6.07, 6.45) is 0. The van der Waals surface area contributed by atoms with E-state index in [9.17, 15) is 19.7 Å². The number of ether oxygens (including phenoxy) is 2. The van der Waals surface area contributed by atoms with Crippen molar-refractivity contribution in [3.05, 3.63) is 45.5 Å². The zero-order chi connectivity index (χ0) is 19.6. The van der Waals surface area contributed by atoms with E-state index >= 15 is 0 Å². The first-order chi connectivity index (χ1) is 12.9. The van der Waals surface area contributed by atoms with Gasteiger partial charge in [0.1, 0.15) is 12.3 Å². The second-order valence-electron chi connectivity index (χ2n) is 5.41. The van der Waals surface area contributed by atoms with Gasteiger partial charge in [-0.3, -0.25) is 14.5 Å². The molecule has 2 heterocycles. The monoisotopic (exact) mass is 392 g/mol. The van der Waals surface area contributed by atoms with Crippen molar-refractivity contribution in [2.75, 3.05) is 30.5 Å². The highest BCUT2D eigenvalue weighted by molar-refractivity contribution is 6.31. The third-order valence-electron chi connectivity index (χ3n) is 3.66. The number of halogens is 1. The molecule has 0 spiro atoms. The molecule has 0 atom stereocenters. The van der Waals surface area contributed by atoms with Gasteiger partial charge in [-0.05, 0) is 34.2 Å². The third kappa shape index (κ3) is 3.90. The van der Waals surface area contributed by atoms with Gasteiger partial charge in [-0.2, -0.15) is 0 Å². The van der Waals surface area contributed by atoms with Crippen LogP contribution in [0.15, 0.2) is 30.3 Å². The van der Waals surface area contributed by atoms with Crippen LogP contribution in [0, 0.1) is 10.1 Å². The van der Waals surface area contributed by atoms with Gasteiger partial charge >= 0.3 is 5.82 Å². The summed E-state index contributed by atoms with van der Waals surface area (Å²) in [5.74, 6) is -1.11. The van der Waals surface area contributed by atoms with E-state index in [0.717, 1.165) is 11.0 Å². The Morgan fingerprint density at radius 1 is 1.44 bits per heavy atom. The zero-order valence-electron chi connectivity index (χ0n) is 14.0. The van der Waals surface area contributed by atoms with Crippen molar-refractivity contribution in [2.45, 2.75) is 0 Å². The van der Waals surface area contributed by atoms with Crippen LogP contribution in [-0.4, -0.2) is 42.0 Å². The first-order valence-electron chi connectivity index (χ1n) is 7.61. The molecule has 2 amide bonds. The Bertz CT molecular complexity index is 935. The summed E-state index contributed by atoms with van der Waals surface area (Å²) in [7, 11) is 1.43. The van der Waals surface area contributed by atoms with E-state index in [1.165, 1.54) is 19.2 Å². The van der Waals surface area contributed by atoms with Gasteiger partial charge in [0.15, 0.2) is 12.4 Å². The van der Waals surface area contributed by atoms with Crippen LogP contribution in [0.3, 0.4) is 0 Å². The molecule has 0 saturated heterocycles. The molecule has 0 unspecified atom stereocenters. The lowest BCUT2D eigenvalue weighted by atomic mass is 10.2. The minimum atomic E-state index is -0.700. The van der Waals surface area contributed by atoms with Gasteiger partial charge in [0, 0.05) is 11.1 Å². The number of fused-ring (bicyclic) bond motifs is 1. The average Bonchev–Trinajstić information content (AvgIpc) is 2.64. The predicted octanol–water partition coefficient (Wildman–Crippen LogP) is 2.02. The molecule has 1 aromatic heterocycles. The molecule has 11 heteroatoms. The number of hydrogen-bond donors (Lipinski definition) is 1. The number of nitrogens with zero attached hydrogens (tertiary/aromatic N) is 3. The average molecular weight is 393 g/mol. The van der Waals surface area contributed by atoms with E-state index in [4.69, 9.17) is 21.1 Å². The number of benzene rings is 1. The summed E-state index contributed by atoms with van der Waals surface area (Å²) in [6.45, 7) is -0.723. The Morgan fingerprint density at radius 3 is 2.93 bits per heavy atom. The van der Waals surface area contributed by atoms with Gasteiger partial charge < -0.3 is 24.9 Å². The second-order valence-corrected chi connectivity index (χ2v) is 5.85. The molecule has 1 aliphatic rings. The van der Waals surface area contributed by atoms with Crippen molar-refractivity contribution in [3.8, 4) is 11.5 Å². The van der Waals surface area contributed by atoms with Crippen molar-refractivity contribution in [3.63, 3.8) is 0 Å². The first kappa shape index (κ1) is 18.4. The number of nitro groups is 1. The van der Waals surface area contributed by atoms with E-state index in [1.807, 2.05) is 0 Å². The lowest BCUT2D eigenvalue weighted by molar-refractivity contribution is -0.389. The fourth-order valence-electron chi connectivity index (χ4n) is 2.44. The molecule has 27 heavy (non-hydrogen) atoms. The summed E-state index contributed by atoms with van der Waals surface area (Å²) < 4.78 is 10.4. The van der Waals surface area contributed by atoms with Gasteiger partial charge in [-0.15, -0.1) is 0 Å². The second kappa shape index (κ2) is 7.46. The molecule has 1 aromatic carbocycles. The van der Waals surface area contributed by atoms with Gasteiger partial charge in [-0.25, -0.2) is 0 Å². The standard InChI is InChI=1S/C16H13ClN4O6/c1-26-11-3-2-9(17)6-10(11)18-14(22)7-20-15(23)8-27-12-4-5-13(21(24)25)19-16(12)20/h2-6H,7-8H2,1H3,(H,18,22). The maximum atomic E-state index is 12.4. The number of methoxy groups -OCH3 is 1. The molecule has 1 N–H and O–H groups in total. The molecule has 2 aromatic rings. The van der Waals surface area contributed by atoms with Crippen LogP contribution in [0.25, 0.3) is 0 Å². The highest BCUT2D eigenvalue weighted by Crippen LogP contribution is 2.32. The molecule has 10 nitrogen and oxygen atoms in total. The highest BCUT2D eigenvalue weighted by atomic mass is 35.5. The van der Waals surface area contributed by atoms with Crippen molar-refractivity contribution in [1.82, 2.24) is 4.98 Å². The van der Waals surface area contributed by atoms with Crippen molar-refractivity contribution >= 4 is 40.7 Å². The van der Waals surface area contributed by atoms with Gasteiger partial charge in [-0.1, -0.05) is 11.6 Å². The normalized spacial score (nSPS) is 12.8. The van der Waals surface area contributed by atoms with Crippen LogP contribution in [0.1, 0.15) is 0 Å². The number of hydrogen-bond acceptors (Lipinski definition) is 7. The smallest absolute Gasteiger partial charge is 0.366 e. The molecule has 1 aliphatic heterocycles. The van der Waals surface area contributed by atoms with E-state index in [2.05, 4.69) is 10.3 Å². The Hall–Kier alpha value is -3.40. The van der Waals surface area contributed by atoms with Crippen LogP contribution < -0.4 is 19.7 Å². The van der Waals surface area contributed by atoms with Crippen LogP contribution in [-0.2, 0) is 9.59 Å². The van der Waals surface area contributed by atoms with Gasteiger partial charge in [0.2, 0.25) is 5.91 Å². The molecule has 0 radical (unpaired) electrons. The number of carbonyl (C=O) groups excluding carboxylic acids is 2. The summed E-state index contributed by atoms with van der Waals surface area (Å²) >= 11 is 5.92. The fraction of sp³-hybridized carbons (Fsp3) is 0.188. The van der Waals surface area contributed by atoms with Crippen LogP contribution in [0.2, 0.25) is 5.02 Å². The first-order valence-corrected chi connectivity index (χ1v) is 7.99. The quantitative estimate of drug-likeness (QED) is 0.609. The largest absolute Gasteiger partial charge is 0.495 e. The molecular weight excluding hydrogens is 380 g/mol. The SMILES string of the molecule is COc1ccc(Cl)cc1NC(=O)CN1C(=O)COc2ccc([N+](=O)[O-])nc21. The summed E-state index contributed by atoms with van der Waals surface area (Å²) in [4.78, 5) is 39.7. The number of nitrogens with one attached hydrogen (secondary N) is 1. The lowest BCUT2D eigenvalue weighted by Gasteiger charge is -2.24. The van der Waals surface area contributed by atoms with E-state index < -0.39 is 29.1 Å². The van der Waals surface area contributed by atoms with Crippen molar-refractivity contribution in [1.29, 1.82) is 0 Å². The summed E-state index contributed by atoms with van der Waals surface area (Å²) in [5, 5.41) is 13.9. The number of pyridine rings is 1. The third-order valence-corrected chi connectivity index (χ3v) is 3.89. The number of aromatic nitrogens is 1. The molecule has 0 fully saturated rings. The summed E-state index contributed by atoms with van der Waals surface area (Å²) in [6, 6.07) is 7.16. The maximum absolute atomic E-state index is 12.4. The van der Waals surface area contributed by atoms with Crippen molar-refractivity contribution in [2.24, 2.45) is 0 Å². The molecular formula is C16H13ClN4O6. The van der Waals surface area contributed by atoms with Crippen molar-refractivity contribution < 1.29 is 24.0 Å². The van der Waals surface area contributed by atoms with Crippen LogP contribution in [0.5, 0.6) is 11.5 Å². The Morgan fingerprint density at radius 2 is 2.22 bits per heavy atom. The molecule has 0 aliphatic carbocycles. The van der Waals surface area contributed by atoms with E-state index in [-0.39, 0.29) is 18.2 Å². The minimum absolute atomic E-state index is 0.0892. The highest BCUT2D eigenvalue weighted by Gasteiger charge is 2.33. The molecule has 3 rings (SSSR count). The predicted molar refractivity (Wildman–Crippen MR) is 95.4 cm³/mol.